The number of nitrogens with two attached hydrogens (primary N) is 1. The van der Waals surface area contributed by atoms with Gasteiger partial charge in [-0.15, -0.1) is 0 Å². The van der Waals surface area contributed by atoms with Crippen molar-refractivity contribution in [3.05, 3.63) is 41.3 Å². The molecule has 0 aliphatic heterocycles. The van der Waals surface area contributed by atoms with Crippen LogP contribution in [0.4, 0.5) is 11.6 Å². The Balaban J connectivity index is 1.14. The van der Waals surface area contributed by atoms with Gasteiger partial charge in [0.05, 0.1) is 10.7 Å². The molecule has 34 heavy (non-hydrogen) atoms. The summed E-state index contributed by atoms with van der Waals surface area (Å²) in [7, 11) is 0. The Morgan fingerprint density at radius 3 is 2.94 bits per heavy atom. The largest absolute Gasteiger partial charge is 0.383 e. The van der Waals surface area contributed by atoms with Gasteiger partial charge in [0.15, 0.2) is 0 Å². The van der Waals surface area contributed by atoms with Crippen LogP contribution in [0.1, 0.15) is 70.8 Å². The molecule has 0 saturated heterocycles. The molecule has 0 bridgehead atoms. The Labute approximate surface area is 201 Å². The van der Waals surface area contributed by atoms with Gasteiger partial charge in [0, 0.05) is 18.8 Å². The van der Waals surface area contributed by atoms with Crippen molar-refractivity contribution in [1.82, 2.24) is 19.5 Å². The van der Waals surface area contributed by atoms with Crippen molar-refractivity contribution < 1.29 is 0 Å². The van der Waals surface area contributed by atoms with Crippen LogP contribution in [0.3, 0.4) is 0 Å². The van der Waals surface area contributed by atoms with Gasteiger partial charge >= 0.3 is 0 Å². The smallest absolute Gasteiger partial charge is 0.145 e. The van der Waals surface area contributed by atoms with Crippen LogP contribution in [-0.4, -0.2) is 26.1 Å². The Hall–Kier alpha value is -2.89. The molecule has 0 amide bonds. The van der Waals surface area contributed by atoms with Crippen LogP contribution < -0.4 is 21.6 Å². The lowest BCUT2D eigenvalue weighted by atomic mass is 9.76. The van der Waals surface area contributed by atoms with Gasteiger partial charge in [-0.25, -0.2) is 15.0 Å². The average Bonchev–Trinajstić information content (AvgIpc) is 3.43. The molecule has 3 heterocycles. The molecular formula is C28H36N6. The minimum atomic E-state index is 0.412. The number of nitrogens with zero attached hydrogens (tertiary/aromatic N) is 4. The summed E-state index contributed by atoms with van der Waals surface area (Å²) in [5.74, 6) is 3.05. The van der Waals surface area contributed by atoms with Crippen molar-refractivity contribution in [2.75, 3.05) is 17.6 Å². The van der Waals surface area contributed by atoms with Gasteiger partial charge in [0.25, 0.3) is 0 Å². The molecule has 6 heteroatoms. The van der Waals surface area contributed by atoms with Crippen LogP contribution in [0, 0.1) is 17.3 Å². The Morgan fingerprint density at radius 2 is 2.09 bits per heavy atom. The van der Waals surface area contributed by atoms with Gasteiger partial charge in [-0.3, -0.25) is 0 Å². The van der Waals surface area contributed by atoms with Gasteiger partial charge in [-0.1, -0.05) is 25.5 Å². The second-order valence-corrected chi connectivity index (χ2v) is 10.9. The third-order valence-corrected chi connectivity index (χ3v) is 8.67. The normalized spacial score (nSPS) is 26.1. The Kier molecular flexibility index (Phi) is 5.54. The third kappa shape index (κ3) is 4.19. The lowest BCUT2D eigenvalue weighted by molar-refractivity contribution is 0.234. The highest BCUT2D eigenvalue weighted by Gasteiger charge is 2.38. The highest BCUT2D eigenvalue weighted by molar-refractivity contribution is 5.86. The quantitative estimate of drug-likeness (QED) is 0.525. The standard InChI is InChI=1S/C28H36N6/c1-2-28(13-10-22(16-28)34-14-11-23-26(29)31-18-32-27(23)34)12-9-19-5-6-21-7-8-25(33-24(21)15-19)30-17-20-3-4-20/h6-8,11,14-15,18-20,22H,2-5,9-10,12-13,16-17H2,1H3,(H,30,33)(H2,29,31,32)/t19?,22-,28+/m0/s1. The highest BCUT2D eigenvalue weighted by atomic mass is 15.1. The summed E-state index contributed by atoms with van der Waals surface area (Å²) in [6.45, 7) is 3.44. The number of hydrogen-bond acceptors (Lipinski definition) is 5. The SMILES string of the molecule is CC[C@@]1(CCC2C=c3nc(NCC4CC4)ccc3=CC2)CC[C@H](n2ccc3c(N)ncnc32)C1. The Morgan fingerprint density at radius 1 is 1.18 bits per heavy atom. The van der Waals surface area contributed by atoms with E-state index in [4.69, 9.17) is 10.7 Å². The van der Waals surface area contributed by atoms with Gasteiger partial charge < -0.3 is 15.6 Å². The zero-order chi connectivity index (χ0) is 23.1. The highest BCUT2D eigenvalue weighted by Crippen LogP contribution is 2.50. The molecule has 3 aliphatic carbocycles. The van der Waals surface area contributed by atoms with E-state index in [2.05, 4.69) is 63.3 Å². The number of nitrogens with one attached hydrogen (secondary N) is 1. The first-order chi connectivity index (χ1) is 16.6. The van der Waals surface area contributed by atoms with Gasteiger partial charge in [0.1, 0.15) is 23.6 Å². The minimum absolute atomic E-state index is 0.412. The molecule has 178 valence electrons. The van der Waals surface area contributed by atoms with E-state index in [1.54, 1.807) is 6.33 Å². The summed E-state index contributed by atoms with van der Waals surface area (Å²) < 4.78 is 2.35. The molecule has 3 N–H and O–H groups in total. The lowest BCUT2D eigenvalue weighted by Gasteiger charge is -2.30. The van der Waals surface area contributed by atoms with E-state index in [1.165, 1.54) is 61.9 Å². The van der Waals surface area contributed by atoms with E-state index >= 15 is 0 Å². The second-order valence-electron chi connectivity index (χ2n) is 10.9. The molecule has 3 aromatic rings. The number of rotatable bonds is 8. The number of fused-ring (bicyclic) bond motifs is 2. The summed E-state index contributed by atoms with van der Waals surface area (Å²) in [6, 6.07) is 6.94. The third-order valence-electron chi connectivity index (χ3n) is 8.67. The van der Waals surface area contributed by atoms with E-state index in [1.807, 2.05) is 0 Å². The van der Waals surface area contributed by atoms with E-state index < -0.39 is 0 Å². The van der Waals surface area contributed by atoms with Gasteiger partial charge in [-0.2, -0.15) is 0 Å². The maximum Gasteiger partial charge on any atom is 0.145 e. The zero-order valence-corrected chi connectivity index (χ0v) is 20.2. The van der Waals surface area contributed by atoms with E-state index in [0.29, 0.717) is 23.2 Å². The summed E-state index contributed by atoms with van der Waals surface area (Å²) >= 11 is 0. The van der Waals surface area contributed by atoms with Gasteiger partial charge in [0.2, 0.25) is 0 Å². The molecule has 2 saturated carbocycles. The first-order valence-corrected chi connectivity index (χ1v) is 13.1. The first-order valence-electron chi connectivity index (χ1n) is 13.1. The van der Waals surface area contributed by atoms with E-state index in [0.717, 1.165) is 35.7 Å². The first kappa shape index (κ1) is 21.6. The fourth-order valence-electron chi connectivity index (χ4n) is 6.15. The molecule has 0 aromatic carbocycles. The molecule has 2 fully saturated rings. The zero-order valence-electron chi connectivity index (χ0n) is 20.2. The Bertz CT molecular complexity index is 1310. The summed E-state index contributed by atoms with van der Waals surface area (Å²) in [4.78, 5) is 13.6. The van der Waals surface area contributed by atoms with Gasteiger partial charge in [-0.05, 0) is 92.0 Å². The van der Waals surface area contributed by atoms with Crippen LogP contribution in [0.2, 0.25) is 0 Å². The molecule has 1 unspecified atom stereocenters. The fraction of sp³-hybridized carbons (Fsp3) is 0.536. The second kappa shape index (κ2) is 8.71. The maximum absolute atomic E-state index is 6.07. The molecule has 6 nitrogen and oxygen atoms in total. The summed E-state index contributed by atoms with van der Waals surface area (Å²) in [5.41, 5.74) is 7.47. The van der Waals surface area contributed by atoms with Crippen molar-refractivity contribution in [2.45, 2.75) is 70.8 Å². The monoisotopic (exact) mass is 456 g/mol. The van der Waals surface area contributed by atoms with Crippen LogP contribution in [0.5, 0.6) is 0 Å². The number of aromatic nitrogens is 4. The molecule has 3 aromatic heterocycles. The van der Waals surface area contributed by atoms with E-state index in [-0.39, 0.29) is 0 Å². The molecule has 6 rings (SSSR count). The van der Waals surface area contributed by atoms with Crippen LogP contribution >= 0.6 is 0 Å². The molecule has 3 aliphatic rings. The van der Waals surface area contributed by atoms with Crippen molar-refractivity contribution in [2.24, 2.45) is 17.3 Å². The molecular weight excluding hydrogens is 420 g/mol. The van der Waals surface area contributed by atoms with Crippen LogP contribution in [-0.2, 0) is 0 Å². The van der Waals surface area contributed by atoms with Crippen molar-refractivity contribution >= 4 is 34.8 Å². The number of nitrogen functional groups attached to an aromatic ring is 1. The molecule has 0 spiro atoms. The number of pyridine rings is 1. The van der Waals surface area contributed by atoms with Crippen LogP contribution in [0.15, 0.2) is 30.7 Å². The van der Waals surface area contributed by atoms with Crippen molar-refractivity contribution in [3.63, 3.8) is 0 Å². The topological polar surface area (TPSA) is 81.7 Å². The fourth-order valence-corrected chi connectivity index (χ4v) is 6.15. The number of hydrogen-bond donors (Lipinski definition) is 2. The van der Waals surface area contributed by atoms with Crippen LogP contribution in [0.25, 0.3) is 23.2 Å². The number of anilines is 2. The van der Waals surface area contributed by atoms with Crippen molar-refractivity contribution in [3.8, 4) is 0 Å². The molecule has 0 radical (unpaired) electrons. The van der Waals surface area contributed by atoms with Crippen molar-refractivity contribution in [1.29, 1.82) is 0 Å². The summed E-state index contributed by atoms with van der Waals surface area (Å²) in [6.07, 6.45) is 19.9. The average molecular weight is 457 g/mol. The lowest BCUT2D eigenvalue weighted by Crippen LogP contribution is -2.33. The predicted octanol–water partition coefficient (Wildman–Crippen LogP) is 4.41. The maximum atomic E-state index is 6.07. The molecule has 3 atom stereocenters. The van der Waals surface area contributed by atoms with E-state index in [9.17, 15) is 0 Å². The summed E-state index contributed by atoms with van der Waals surface area (Å²) in [5, 5.41) is 6.97. The predicted molar refractivity (Wildman–Crippen MR) is 139 cm³/mol. The minimum Gasteiger partial charge on any atom is -0.383 e.